The lowest BCUT2D eigenvalue weighted by Crippen LogP contribution is -2.43. The molecule has 3 rings (SSSR count). The minimum absolute atomic E-state index is 0.00462. The Morgan fingerprint density at radius 3 is 2.85 bits per heavy atom. The van der Waals surface area contributed by atoms with Gasteiger partial charge in [0.2, 0.25) is 0 Å². The molecule has 4 unspecified atom stereocenters. The van der Waals surface area contributed by atoms with Crippen LogP contribution in [0.25, 0.3) is 0 Å². The van der Waals surface area contributed by atoms with E-state index in [-0.39, 0.29) is 17.0 Å². The fourth-order valence-corrected chi connectivity index (χ4v) is 3.94. The molecule has 2 aliphatic carbocycles. The van der Waals surface area contributed by atoms with Crippen LogP contribution in [0.1, 0.15) is 24.8 Å². The zero-order chi connectivity index (χ0) is 14.3. The van der Waals surface area contributed by atoms with Crippen molar-refractivity contribution < 1.29 is 14.3 Å². The summed E-state index contributed by atoms with van der Waals surface area (Å²) in [6.45, 7) is 0.478. The number of nitrogens with one attached hydrogen (secondary N) is 1. The third kappa shape index (κ3) is 2.42. The largest absolute Gasteiger partial charge is 0.481 e. The maximum absolute atomic E-state index is 13.4. The Kier molecular flexibility index (Phi) is 3.69. The van der Waals surface area contributed by atoms with Crippen molar-refractivity contribution in [3.05, 3.63) is 34.6 Å². The van der Waals surface area contributed by atoms with Gasteiger partial charge in [0, 0.05) is 12.6 Å². The van der Waals surface area contributed by atoms with Crippen molar-refractivity contribution in [1.29, 1.82) is 0 Å². The lowest BCUT2D eigenvalue weighted by molar-refractivity contribution is -0.144. The van der Waals surface area contributed by atoms with Gasteiger partial charge < -0.3 is 10.4 Å². The molecule has 108 valence electrons. The van der Waals surface area contributed by atoms with Crippen molar-refractivity contribution >= 4 is 17.6 Å². The van der Waals surface area contributed by atoms with Crippen molar-refractivity contribution in [1.82, 2.24) is 5.32 Å². The summed E-state index contributed by atoms with van der Waals surface area (Å²) in [6, 6.07) is 4.70. The highest BCUT2D eigenvalue weighted by Crippen LogP contribution is 2.48. The highest BCUT2D eigenvalue weighted by atomic mass is 35.5. The molecule has 0 spiro atoms. The van der Waals surface area contributed by atoms with Crippen LogP contribution in [0.15, 0.2) is 18.2 Å². The standard InChI is InChI=1S/C15H17ClFNO2/c16-11-4-1-8(5-12(11)17)7-18-14-10-3-2-9(6-10)13(14)15(19)20/h1,4-5,9-10,13-14,18H,2-3,6-7H2,(H,19,20). The number of carbonyl (C=O) groups is 1. The van der Waals surface area contributed by atoms with Crippen LogP contribution in [0.2, 0.25) is 5.02 Å². The molecule has 20 heavy (non-hydrogen) atoms. The fraction of sp³-hybridized carbons (Fsp3) is 0.533. The summed E-state index contributed by atoms with van der Waals surface area (Å²) in [6.07, 6.45) is 3.13. The maximum Gasteiger partial charge on any atom is 0.308 e. The van der Waals surface area contributed by atoms with Crippen molar-refractivity contribution in [3.8, 4) is 0 Å². The fourth-order valence-electron chi connectivity index (χ4n) is 3.83. The van der Waals surface area contributed by atoms with Gasteiger partial charge in [-0.3, -0.25) is 4.79 Å². The molecule has 0 radical (unpaired) electrons. The van der Waals surface area contributed by atoms with Gasteiger partial charge in [-0.25, -0.2) is 4.39 Å². The minimum Gasteiger partial charge on any atom is -0.481 e. The molecule has 1 aromatic carbocycles. The molecule has 3 nitrogen and oxygen atoms in total. The number of carboxylic acid groups (broad SMARTS) is 1. The van der Waals surface area contributed by atoms with Crippen LogP contribution < -0.4 is 5.32 Å². The van der Waals surface area contributed by atoms with E-state index in [9.17, 15) is 14.3 Å². The van der Waals surface area contributed by atoms with E-state index in [4.69, 9.17) is 11.6 Å². The molecule has 0 saturated heterocycles. The number of benzene rings is 1. The second kappa shape index (κ2) is 5.34. The third-order valence-corrected chi connectivity index (χ3v) is 5.03. The van der Waals surface area contributed by atoms with E-state index in [0.29, 0.717) is 18.4 Å². The summed E-state index contributed by atoms with van der Waals surface area (Å²) in [7, 11) is 0. The van der Waals surface area contributed by atoms with E-state index in [2.05, 4.69) is 5.32 Å². The number of hydrogen-bond acceptors (Lipinski definition) is 2. The van der Waals surface area contributed by atoms with Gasteiger partial charge in [0.05, 0.1) is 10.9 Å². The van der Waals surface area contributed by atoms with Crippen molar-refractivity contribution in [2.45, 2.75) is 31.8 Å². The predicted molar refractivity (Wildman–Crippen MR) is 74.0 cm³/mol. The van der Waals surface area contributed by atoms with E-state index in [0.717, 1.165) is 24.8 Å². The molecular weight excluding hydrogens is 281 g/mol. The second-order valence-electron chi connectivity index (χ2n) is 5.85. The van der Waals surface area contributed by atoms with Gasteiger partial charge in [0.15, 0.2) is 0 Å². The van der Waals surface area contributed by atoms with Gasteiger partial charge >= 0.3 is 5.97 Å². The van der Waals surface area contributed by atoms with Crippen LogP contribution in [-0.2, 0) is 11.3 Å². The normalized spacial score (nSPS) is 31.7. The van der Waals surface area contributed by atoms with E-state index in [1.807, 2.05) is 0 Å². The Balaban J connectivity index is 1.68. The Morgan fingerprint density at radius 2 is 2.15 bits per heavy atom. The molecule has 2 bridgehead atoms. The Bertz CT molecular complexity index is 537. The average molecular weight is 298 g/mol. The molecular formula is C15H17ClFNO2. The summed E-state index contributed by atoms with van der Waals surface area (Å²) < 4.78 is 13.4. The molecule has 0 heterocycles. The molecule has 0 aromatic heterocycles. The van der Waals surface area contributed by atoms with Gasteiger partial charge in [-0.2, -0.15) is 0 Å². The molecule has 2 fully saturated rings. The molecule has 0 aliphatic heterocycles. The van der Waals surface area contributed by atoms with Crippen LogP contribution in [0.3, 0.4) is 0 Å². The van der Waals surface area contributed by atoms with Gasteiger partial charge in [-0.15, -0.1) is 0 Å². The molecule has 2 saturated carbocycles. The Morgan fingerprint density at radius 1 is 1.40 bits per heavy atom. The first kappa shape index (κ1) is 13.8. The number of hydrogen-bond donors (Lipinski definition) is 2. The average Bonchev–Trinajstić information content (AvgIpc) is 3.00. The Labute approximate surface area is 122 Å². The number of rotatable bonds is 4. The van der Waals surface area contributed by atoms with Crippen LogP contribution in [0.5, 0.6) is 0 Å². The van der Waals surface area contributed by atoms with Crippen molar-refractivity contribution in [2.75, 3.05) is 0 Å². The van der Waals surface area contributed by atoms with E-state index >= 15 is 0 Å². The van der Waals surface area contributed by atoms with Crippen molar-refractivity contribution in [3.63, 3.8) is 0 Å². The number of carboxylic acids is 1. The summed E-state index contributed by atoms with van der Waals surface area (Å²) in [4.78, 5) is 11.4. The third-order valence-electron chi connectivity index (χ3n) is 4.73. The highest BCUT2D eigenvalue weighted by molar-refractivity contribution is 6.30. The lowest BCUT2D eigenvalue weighted by atomic mass is 9.84. The van der Waals surface area contributed by atoms with Gasteiger partial charge in [-0.1, -0.05) is 17.7 Å². The lowest BCUT2D eigenvalue weighted by Gasteiger charge is -2.29. The first-order chi connectivity index (χ1) is 9.56. The van der Waals surface area contributed by atoms with Crippen LogP contribution in [0.4, 0.5) is 4.39 Å². The number of halogens is 2. The van der Waals surface area contributed by atoms with Crippen LogP contribution in [-0.4, -0.2) is 17.1 Å². The predicted octanol–water partition coefficient (Wildman–Crippen LogP) is 3.07. The zero-order valence-electron chi connectivity index (χ0n) is 11.0. The molecule has 5 heteroatoms. The molecule has 2 aliphatic rings. The smallest absolute Gasteiger partial charge is 0.308 e. The zero-order valence-corrected chi connectivity index (χ0v) is 11.7. The first-order valence-corrected chi connectivity index (χ1v) is 7.34. The van der Waals surface area contributed by atoms with E-state index in [1.165, 1.54) is 12.1 Å². The molecule has 1 aromatic rings. The molecule has 0 amide bonds. The summed E-state index contributed by atoms with van der Waals surface area (Å²) in [5.41, 5.74) is 0.791. The topological polar surface area (TPSA) is 49.3 Å². The van der Waals surface area contributed by atoms with Gasteiger partial charge in [0.25, 0.3) is 0 Å². The first-order valence-electron chi connectivity index (χ1n) is 6.96. The SMILES string of the molecule is O=C(O)C1C2CCC(C2)C1NCc1ccc(Cl)c(F)c1. The quantitative estimate of drug-likeness (QED) is 0.898. The van der Waals surface area contributed by atoms with E-state index < -0.39 is 11.8 Å². The summed E-state index contributed by atoms with van der Waals surface area (Å²) in [5.74, 6) is -0.702. The van der Waals surface area contributed by atoms with Crippen LogP contribution in [0, 0.1) is 23.6 Å². The minimum atomic E-state index is -0.711. The molecule has 4 atom stereocenters. The maximum atomic E-state index is 13.4. The number of aliphatic carboxylic acids is 1. The van der Waals surface area contributed by atoms with E-state index in [1.54, 1.807) is 6.07 Å². The molecule has 2 N–H and O–H groups in total. The summed E-state index contributed by atoms with van der Waals surface area (Å²) >= 11 is 5.65. The number of fused-ring (bicyclic) bond motifs is 2. The van der Waals surface area contributed by atoms with Crippen LogP contribution >= 0.6 is 11.6 Å². The highest BCUT2D eigenvalue weighted by Gasteiger charge is 2.50. The van der Waals surface area contributed by atoms with Gasteiger partial charge in [-0.05, 0) is 48.8 Å². The van der Waals surface area contributed by atoms with Gasteiger partial charge in [0.1, 0.15) is 5.82 Å². The monoisotopic (exact) mass is 297 g/mol. The summed E-state index contributed by atoms with van der Waals surface area (Å²) in [5, 5.41) is 12.8. The second-order valence-corrected chi connectivity index (χ2v) is 6.26. The van der Waals surface area contributed by atoms with Crippen molar-refractivity contribution in [2.24, 2.45) is 17.8 Å². The Hall–Kier alpha value is -1.13.